The van der Waals surface area contributed by atoms with Gasteiger partial charge in [-0.2, -0.15) is 0 Å². The van der Waals surface area contributed by atoms with Crippen LogP contribution in [0.3, 0.4) is 0 Å². The number of hydrogen-bond donors (Lipinski definition) is 3. The Morgan fingerprint density at radius 3 is 2.65 bits per heavy atom. The minimum absolute atomic E-state index is 0.0104. The van der Waals surface area contributed by atoms with Crippen LogP contribution in [0.4, 0.5) is 11.4 Å². The first kappa shape index (κ1) is 27.8. The normalized spacial score (nSPS) is 14.1. The van der Waals surface area contributed by atoms with E-state index in [-0.39, 0.29) is 24.3 Å². The Balaban J connectivity index is 1.18. The van der Waals surface area contributed by atoms with E-state index in [1.807, 2.05) is 37.3 Å². The third-order valence-electron chi connectivity index (χ3n) is 8.15. The van der Waals surface area contributed by atoms with Crippen LogP contribution < -0.4 is 26.8 Å². The highest BCUT2D eigenvalue weighted by molar-refractivity contribution is 5.96. The average molecular weight is 575 g/mol. The summed E-state index contributed by atoms with van der Waals surface area (Å²) in [6.45, 7) is 9.65. The van der Waals surface area contributed by atoms with Crippen molar-refractivity contribution in [2.24, 2.45) is 0 Å². The Morgan fingerprint density at radius 1 is 1.07 bits per heavy atom. The van der Waals surface area contributed by atoms with Crippen LogP contribution >= 0.6 is 0 Å². The number of benzene rings is 2. The van der Waals surface area contributed by atoms with Gasteiger partial charge in [0.1, 0.15) is 12.0 Å². The van der Waals surface area contributed by atoms with Crippen molar-refractivity contribution in [1.82, 2.24) is 25.0 Å². The number of hydrogen-bond acceptors (Lipinski definition) is 8. The molecule has 0 spiro atoms. The van der Waals surface area contributed by atoms with E-state index >= 15 is 0 Å². The SMILES string of the molecule is C=C(NC1CCc2c1ccc(C(C)=O)c2C)c1cc(C(=O)NCc2cccc(Nc3c(C)c(=O)c3=O)c2)n2cncc2n1. The van der Waals surface area contributed by atoms with Gasteiger partial charge in [-0.15, -0.1) is 0 Å². The molecule has 0 bridgehead atoms. The van der Waals surface area contributed by atoms with Crippen molar-refractivity contribution in [3.63, 3.8) is 0 Å². The minimum atomic E-state index is -0.528. The fourth-order valence-electron chi connectivity index (χ4n) is 5.77. The van der Waals surface area contributed by atoms with Crippen LogP contribution in [0.25, 0.3) is 11.3 Å². The first-order valence-electron chi connectivity index (χ1n) is 14.0. The van der Waals surface area contributed by atoms with Gasteiger partial charge in [0.05, 0.1) is 29.3 Å². The van der Waals surface area contributed by atoms with Crippen LogP contribution in [-0.2, 0) is 13.0 Å². The van der Waals surface area contributed by atoms with E-state index < -0.39 is 10.9 Å². The molecule has 5 aromatic rings. The number of ketones is 1. The summed E-state index contributed by atoms with van der Waals surface area (Å²) in [7, 11) is 0. The minimum Gasteiger partial charge on any atom is -0.377 e. The molecule has 0 saturated heterocycles. The fraction of sp³-hybridized carbons (Fsp3) is 0.212. The van der Waals surface area contributed by atoms with Crippen LogP contribution in [-0.4, -0.2) is 26.1 Å². The third kappa shape index (κ3) is 5.01. The second kappa shape index (κ2) is 10.8. The Labute approximate surface area is 247 Å². The maximum absolute atomic E-state index is 13.4. The summed E-state index contributed by atoms with van der Waals surface area (Å²) in [5.74, 6) is -0.264. The molecule has 1 amide bonds. The van der Waals surface area contributed by atoms with Crippen molar-refractivity contribution in [2.75, 3.05) is 5.32 Å². The maximum atomic E-state index is 13.4. The zero-order valence-electron chi connectivity index (χ0n) is 24.1. The summed E-state index contributed by atoms with van der Waals surface area (Å²) >= 11 is 0. The predicted molar refractivity (Wildman–Crippen MR) is 164 cm³/mol. The van der Waals surface area contributed by atoms with Gasteiger partial charge in [0.25, 0.3) is 5.91 Å². The lowest BCUT2D eigenvalue weighted by Crippen LogP contribution is -2.36. The van der Waals surface area contributed by atoms with E-state index in [9.17, 15) is 19.2 Å². The predicted octanol–water partition coefficient (Wildman–Crippen LogP) is 4.07. The number of nitrogens with one attached hydrogen (secondary N) is 3. The van der Waals surface area contributed by atoms with Crippen molar-refractivity contribution in [3.8, 4) is 0 Å². The summed E-state index contributed by atoms with van der Waals surface area (Å²) in [4.78, 5) is 57.6. The molecule has 43 heavy (non-hydrogen) atoms. The van der Waals surface area contributed by atoms with Crippen molar-refractivity contribution in [3.05, 3.63) is 127 Å². The highest BCUT2D eigenvalue weighted by atomic mass is 16.2. The van der Waals surface area contributed by atoms with Crippen LogP contribution in [0.1, 0.15) is 73.7 Å². The molecular formula is C33H30N6O4. The summed E-state index contributed by atoms with van der Waals surface area (Å²) < 4.78 is 1.62. The van der Waals surface area contributed by atoms with Crippen molar-refractivity contribution < 1.29 is 9.59 Å². The molecule has 1 aliphatic rings. The molecule has 1 aliphatic carbocycles. The van der Waals surface area contributed by atoms with Gasteiger partial charge < -0.3 is 16.0 Å². The number of nitrogens with zero attached hydrogens (tertiary/aromatic N) is 3. The van der Waals surface area contributed by atoms with Crippen LogP contribution in [0.15, 0.2) is 71.2 Å². The number of rotatable bonds is 9. The Bertz CT molecular complexity index is 2030. The van der Waals surface area contributed by atoms with Gasteiger partial charge in [0, 0.05) is 23.4 Å². The average Bonchev–Trinajstić information content (AvgIpc) is 3.65. The molecule has 3 N–H and O–H groups in total. The standard InChI is InChI=1S/C33H30N6O4/c1-17-23(20(4)40)8-9-25-24(17)10-11-26(25)36-19(3)27-13-28(39-16-34-15-29(39)38-27)33(43)35-14-21-6-5-7-22(12-21)37-30-18(2)31(41)32(30)42/h5-9,12-13,15-16,26,36-37H,3,10-11,14H2,1-2,4H3,(H,35,43). The summed E-state index contributed by atoms with van der Waals surface area (Å²) in [5, 5.41) is 9.44. The molecule has 0 aliphatic heterocycles. The molecule has 0 radical (unpaired) electrons. The topological polar surface area (TPSA) is 135 Å². The zero-order valence-corrected chi connectivity index (χ0v) is 24.1. The Kier molecular flexibility index (Phi) is 6.97. The number of imidazole rings is 1. The lowest BCUT2D eigenvalue weighted by Gasteiger charge is -2.19. The summed E-state index contributed by atoms with van der Waals surface area (Å²) in [6, 6.07) is 12.9. The summed E-state index contributed by atoms with van der Waals surface area (Å²) in [5.41, 5.74) is 7.23. The van der Waals surface area contributed by atoms with Gasteiger partial charge in [-0.1, -0.05) is 30.8 Å². The quantitative estimate of drug-likeness (QED) is 0.177. The second-order valence-corrected chi connectivity index (χ2v) is 10.9. The van der Waals surface area contributed by atoms with Crippen molar-refractivity contribution >= 4 is 34.4 Å². The van der Waals surface area contributed by atoms with E-state index in [0.29, 0.717) is 39.7 Å². The van der Waals surface area contributed by atoms with Gasteiger partial charge >= 0.3 is 0 Å². The maximum Gasteiger partial charge on any atom is 0.268 e. The number of amides is 1. The number of anilines is 2. The van der Waals surface area contributed by atoms with Gasteiger partial charge in [-0.3, -0.25) is 23.6 Å². The van der Waals surface area contributed by atoms with Gasteiger partial charge in [-0.25, -0.2) is 9.97 Å². The number of aromatic nitrogens is 3. The largest absolute Gasteiger partial charge is 0.377 e. The van der Waals surface area contributed by atoms with E-state index in [1.165, 1.54) is 11.9 Å². The molecule has 0 saturated carbocycles. The van der Waals surface area contributed by atoms with Crippen LogP contribution in [0.5, 0.6) is 0 Å². The van der Waals surface area contributed by atoms with Gasteiger partial charge in [0.15, 0.2) is 11.4 Å². The van der Waals surface area contributed by atoms with E-state index in [0.717, 1.165) is 35.1 Å². The number of carbonyl (C=O) groups is 2. The molecule has 2 heterocycles. The Hall–Kier alpha value is -5.38. The second-order valence-electron chi connectivity index (χ2n) is 10.9. The first-order valence-corrected chi connectivity index (χ1v) is 14.0. The molecule has 216 valence electrons. The first-order chi connectivity index (χ1) is 20.6. The lowest BCUT2D eigenvalue weighted by molar-refractivity contribution is 0.0943. The molecule has 6 rings (SSSR count). The molecule has 2 aromatic heterocycles. The molecule has 10 nitrogen and oxygen atoms in total. The monoisotopic (exact) mass is 574 g/mol. The smallest absolute Gasteiger partial charge is 0.268 e. The van der Waals surface area contributed by atoms with Crippen molar-refractivity contribution in [2.45, 2.75) is 46.2 Å². The number of carbonyl (C=O) groups excluding carboxylic acids is 2. The Morgan fingerprint density at radius 2 is 1.88 bits per heavy atom. The third-order valence-corrected chi connectivity index (χ3v) is 8.15. The van der Waals surface area contributed by atoms with Crippen molar-refractivity contribution in [1.29, 1.82) is 0 Å². The number of fused-ring (bicyclic) bond motifs is 2. The highest BCUT2D eigenvalue weighted by Crippen LogP contribution is 2.36. The molecule has 10 heteroatoms. The molecule has 1 atom stereocenters. The zero-order chi connectivity index (χ0) is 30.4. The highest BCUT2D eigenvalue weighted by Gasteiger charge is 2.26. The molecule has 0 fully saturated rings. The fourth-order valence-corrected chi connectivity index (χ4v) is 5.77. The van der Waals surface area contributed by atoms with Crippen LogP contribution in [0, 0.1) is 13.8 Å². The van der Waals surface area contributed by atoms with E-state index in [4.69, 9.17) is 0 Å². The number of Topliss-reactive ketones (excluding diaryl/α,β-unsaturated/α-hetero) is 1. The lowest BCUT2D eigenvalue weighted by atomic mass is 9.96. The van der Waals surface area contributed by atoms with Gasteiger partial charge in [0.2, 0.25) is 10.9 Å². The van der Waals surface area contributed by atoms with E-state index in [2.05, 4.69) is 32.5 Å². The van der Waals surface area contributed by atoms with Crippen LogP contribution in [0.2, 0.25) is 0 Å². The van der Waals surface area contributed by atoms with Gasteiger partial charge in [-0.05, 0) is 74.1 Å². The molecular weight excluding hydrogens is 544 g/mol. The molecule has 1 unspecified atom stereocenters. The van der Waals surface area contributed by atoms with E-state index in [1.54, 1.807) is 36.6 Å². The summed E-state index contributed by atoms with van der Waals surface area (Å²) in [6.07, 6.45) is 4.84. The molecule has 3 aromatic carbocycles.